The third kappa shape index (κ3) is 4.88. The van der Waals surface area contributed by atoms with E-state index in [0.717, 1.165) is 38.3 Å². The number of benzene rings is 2. The lowest BCUT2D eigenvalue weighted by Crippen LogP contribution is -2.36. The molecule has 28 heavy (non-hydrogen) atoms. The molecule has 0 bridgehead atoms. The fraction of sp³-hybridized carbons (Fsp3) is 0.238. The van der Waals surface area contributed by atoms with Gasteiger partial charge in [0.25, 0.3) is 11.1 Å². The topological polar surface area (TPSA) is 46.6 Å². The first-order valence-corrected chi connectivity index (χ1v) is 11.2. The molecule has 1 heterocycles. The minimum atomic E-state index is -0.247. The van der Waals surface area contributed by atoms with Gasteiger partial charge in [0.05, 0.1) is 4.91 Å². The van der Waals surface area contributed by atoms with E-state index in [9.17, 15) is 9.59 Å². The Balaban J connectivity index is 1.84. The predicted molar refractivity (Wildman–Crippen MR) is 120 cm³/mol. The van der Waals surface area contributed by atoms with E-state index in [4.69, 9.17) is 4.74 Å². The summed E-state index contributed by atoms with van der Waals surface area (Å²) >= 11 is 7.86. The van der Waals surface area contributed by atoms with Gasteiger partial charge in [-0.2, -0.15) is 0 Å². The summed E-state index contributed by atoms with van der Waals surface area (Å²) in [6, 6.07) is 13.4. The van der Waals surface area contributed by atoms with Gasteiger partial charge in [0.15, 0.2) is 0 Å². The number of imide groups is 1. The first-order valence-electron chi connectivity index (χ1n) is 8.83. The smallest absolute Gasteiger partial charge is 0.293 e. The number of hydrogen-bond acceptors (Lipinski definition) is 4. The van der Waals surface area contributed by atoms with Crippen LogP contribution in [0.1, 0.15) is 31.4 Å². The van der Waals surface area contributed by atoms with Crippen molar-refractivity contribution in [1.29, 1.82) is 0 Å². The van der Waals surface area contributed by atoms with Crippen LogP contribution in [0.15, 0.2) is 56.3 Å². The van der Waals surface area contributed by atoms with E-state index >= 15 is 0 Å². The van der Waals surface area contributed by atoms with E-state index in [2.05, 4.69) is 31.9 Å². The van der Waals surface area contributed by atoms with Gasteiger partial charge in [-0.3, -0.25) is 14.5 Å². The average molecular weight is 525 g/mol. The summed E-state index contributed by atoms with van der Waals surface area (Å²) in [5, 5.41) is -0.224. The van der Waals surface area contributed by atoms with Crippen LogP contribution < -0.4 is 4.74 Å². The fourth-order valence-electron chi connectivity index (χ4n) is 2.69. The molecule has 1 aliphatic rings. The Labute approximate surface area is 185 Å². The highest BCUT2D eigenvalue weighted by Crippen LogP contribution is 2.36. The van der Waals surface area contributed by atoms with Gasteiger partial charge in [0, 0.05) is 20.6 Å². The molecule has 1 aliphatic heterocycles. The third-order valence-corrected chi connectivity index (χ3v) is 6.33. The Hall–Kier alpha value is -1.57. The van der Waals surface area contributed by atoms with Crippen LogP contribution in [0.3, 0.4) is 0 Å². The number of carbonyl (C=O) groups excluding carboxylic acids is 2. The van der Waals surface area contributed by atoms with Crippen LogP contribution in [0.5, 0.6) is 5.75 Å². The first kappa shape index (κ1) is 21.1. The van der Waals surface area contributed by atoms with Crippen molar-refractivity contribution in [3.63, 3.8) is 0 Å². The maximum Gasteiger partial charge on any atom is 0.293 e. The van der Waals surface area contributed by atoms with Crippen LogP contribution in [-0.4, -0.2) is 22.1 Å². The number of amides is 2. The zero-order valence-electron chi connectivity index (χ0n) is 15.4. The van der Waals surface area contributed by atoms with Crippen molar-refractivity contribution in [3.8, 4) is 5.75 Å². The van der Waals surface area contributed by atoms with Gasteiger partial charge in [-0.25, -0.2) is 0 Å². The molecule has 0 aromatic heterocycles. The number of hydrogen-bond donors (Lipinski definition) is 0. The largest absolute Gasteiger partial charge is 0.488 e. The van der Waals surface area contributed by atoms with Gasteiger partial charge in [0.2, 0.25) is 0 Å². The van der Waals surface area contributed by atoms with Crippen LogP contribution >= 0.6 is 43.6 Å². The summed E-state index contributed by atoms with van der Waals surface area (Å²) in [4.78, 5) is 26.7. The van der Waals surface area contributed by atoms with Crippen molar-refractivity contribution in [2.45, 2.75) is 32.9 Å². The maximum atomic E-state index is 12.7. The Morgan fingerprint density at radius 1 is 1.11 bits per heavy atom. The number of ether oxygens (including phenoxy) is 1. The molecule has 146 valence electrons. The summed E-state index contributed by atoms with van der Waals surface area (Å²) in [6.45, 7) is 4.25. The maximum absolute atomic E-state index is 12.7. The molecule has 1 atom stereocenters. The lowest BCUT2D eigenvalue weighted by molar-refractivity contribution is -0.124. The lowest BCUT2D eigenvalue weighted by Gasteiger charge is -2.19. The Kier molecular flexibility index (Phi) is 7.01. The van der Waals surface area contributed by atoms with Gasteiger partial charge in [-0.05, 0) is 67.1 Å². The average Bonchev–Trinajstić information content (AvgIpc) is 2.95. The second-order valence-electron chi connectivity index (χ2n) is 6.41. The van der Waals surface area contributed by atoms with Crippen molar-refractivity contribution in [3.05, 3.63) is 67.4 Å². The molecule has 3 rings (SSSR count). The van der Waals surface area contributed by atoms with Gasteiger partial charge >= 0.3 is 0 Å². The summed E-state index contributed by atoms with van der Waals surface area (Å²) in [7, 11) is 0. The van der Waals surface area contributed by atoms with Gasteiger partial charge in [-0.15, -0.1) is 0 Å². The quantitative estimate of drug-likeness (QED) is 0.398. The van der Waals surface area contributed by atoms with Crippen LogP contribution in [0.4, 0.5) is 4.79 Å². The number of carbonyl (C=O) groups is 2. The van der Waals surface area contributed by atoms with Crippen molar-refractivity contribution < 1.29 is 14.3 Å². The molecule has 0 spiro atoms. The highest BCUT2D eigenvalue weighted by atomic mass is 79.9. The molecule has 2 aromatic rings. The van der Waals surface area contributed by atoms with E-state index in [1.165, 1.54) is 4.90 Å². The Bertz CT molecular complexity index is 928. The molecule has 2 amide bonds. The molecule has 0 N–H and O–H groups in total. The Morgan fingerprint density at radius 3 is 2.46 bits per heavy atom. The van der Waals surface area contributed by atoms with Crippen molar-refractivity contribution in [2.24, 2.45) is 0 Å². The molecule has 1 fully saturated rings. The molecule has 0 unspecified atom stereocenters. The van der Waals surface area contributed by atoms with Crippen LogP contribution in [0.2, 0.25) is 0 Å². The summed E-state index contributed by atoms with van der Waals surface area (Å²) in [5.41, 5.74) is 1.79. The first-order chi connectivity index (χ1) is 13.4. The van der Waals surface area contributed by atoms with Gasteiger partial charge < -0.3 is 4.74 Å². The molecule has 2 aromatic carbocycles. The molecular weight excluding hydrogens is 506 g/mol. The predicted octanol–water partition coefficient (Wildman–Crippen LogP) is 6.63. The molecule has 4 nitrogen and oxygen atoms in total. The Morgan fingerprint density at radius 2 is 1.79 bits per heavy atom. The van der Waals surface area contributed by atoms with E-state index in [1.807, 2.05) is 56.3 Å². The fourth-order valence-corrected chi connectivity index (χ4v) is 4.25. The van der Waals surface area contributed by atoms with Crippen molar-refractivity contribution in [2.75, 3.05) is 0 Å². The molecule has 0 radical (unpaired) electrons. The van der Waals surface area contributed by atoms with Crippen molar-refractivity contribution >= 4 is 60.8 Å². The SMILES string of the molecule is CC[C@@H](C)N1C(=O)S/C(=C/c2cc(Br)ccc2OCc2ccc(Br)cc2)C1=O. The van der Waals surface area contributed by atoms with E-state index in [-0.39, 0.29) is 17.2 Å². The zero-order chi connectivity index (χ0) is 20.3. The molecule has 7 heteroatoms. The third-order valence-electron chi connectivity index (χ3n) is 4.42. The molecular formula is C21H19Br2NO3S. The van der Waals surface area contributed by atoms with E-state index < -0.39 is 0 Å². The lowest BCUT2D eigenvalue weighted by atomic mass is 10.1. The van der Waals surface area contributed by atoms with Gasteiger partial charge in [-0.1, -0.05) is 50.9 Å². The minimum absolute atomic E-state index is 0.117. The molecule has 0 saturated carbocycles. The number of nitrogens with zero attached hydrogens (tertiary/aromatic N) is 1. The van der Waals surface area contributed by atoms with Crippen molar-refractivity contribution in [1.82, 2.24) is 4.90 Å². The number of thioether (sulfide) groups is 1. The molecule has 1 saturated heterocycles. The summed E-state index contributed by atoms with van der Waals surface area (Å²) in [5.74, 6) is 0.407. The second-order valence-corrected chi connectivity index (χ2v) is 9.23. The van der Waals surface area contributed by atoms with Gasteiger partial charge in [0.1, 0.15) is 12.4 Å². The minimum Gasteiger partial charge on any atom is -0.488 e. The summed E-state index contributed by atoms with van der Waals surface area (Å²) in [6.07, 6.45) is 2.46. The number of halogens is 2. The van der Waals surface area contributed by atoms with E-state index in [1.54, 1.807) is 6.08 Å². The number of rotatable bonds is 6. The molecule has 0 aliphatic carbocycles. The standard InChI is InChI=1S/C21H19Br2NO3S/c1-3-13(2)24-20(25)19(28-21(24)26)11-15-10-17(23)8-9-18(15)27-12-14-4-6-16(22)7-5-14/h4-11,13H,3,12H2,1-2H3/b19-11+/t13-/m1/s1. The summed E-state index contributed by atoms with van der Waals surface area (Å²) < 4.78 is 7.87. The van der Waals surface area contributed by atoms with Crippen LogP contribution in [0, 0.1) is 0 Å². The van der Waals surface area contributed by atoms with E-state index in [0.29, 0.717) is 17.3 Å². The highest BCUT2D eigenvalue weighted by Gasteiger charge is 2.37. The van der Waals surface area contributed by atoms with Crippen LogP contribution in [0.25, 0.3) is 6.08 Å². The zero-order valence-corrected chi connectivity index (χ0v) is 19.4. The normalized spacial score (nSPS) is 16.7. The monoisotopic (exact) mass is 523 g/mol. The second kappa shape index (κ2) is 9.29. The van der Waals surface area contributed by atoms with Crippen LogP contribution in [-0.2, 0) is 11.4 Å². The highest BCUT2D eigenvalue weighted by molar-refractivity contribution is 9.10.